The monoisotopic (exact) mass is 401 g/mol. The van der Waals surface area contributed by atoms with E-state index in [9.17, 15) is 9.59 Å². The summed E-state index contributed by atoms with van der Waals surface area (Å²) in [6.07, 6.45) is 4.62. The molecule has 150 valence electrons. The summed E-state index contributed by atoms with van der Waals surface area (Å²) in [6.45, 7) is 3.14. The molecule has 2 aromatic rings. The van der Waals surface area contributed by atoms with Gasteiger partial charge < -0.3 is 10.2 Å². The van der Waals surface area contributed by atoms with Crippen molar-refractivity contribution < 1.29 is 9.59 Å². The van der Waals surface area contributed by atoms with E-state index in [0.717, 1.165) is 51.7 Å². The van der Waals surface area contributed by atoms with Crippen LogP contribution in [0.4, 0.5) is 4.79 Å². The van der Waals surface area contributed by atoms with Gasteiger partial charge >= 0.3 is 6.03 Å². The lowest BCUT2D eigenvalue weighted by Gasteiger charge is -2.15. The van der Waals surface area contributed by atoms with Crippen molar-refractivity contribution in [2.45, 2.75) is 38.1 Å². The third-order valence-corrected chi connectivity index (χ3v) is 5.67. The van der Waals surface area contributed by atoms with Gasteiger partial charge in [0.05, 0.1) is 0 Å². The van der Waals surface area contributed by atoms with E-state index in [1.54, 1.807) is 4.90 Å². The molecule has 2 fully saturated rings. The predicted molar refractivity (Wildman–Crippen MR) is 114 cm³/mol. The minimum Gasteiger partial charge on any atom is -0.316 e. The summed E-state index contributed by atoms with van der Waals surface area (Å²) < 4.78 is 0. The fraction of sp³-hybridized carbons (Fsp3) is 0.455. The Morgan fingerprint density at radius 1 is 1.00 bits per heavy atom. The Hall–Kier alpha value is -2.11. The molecule has 0 spiro atoms. The lowest BCUT2D eigenvalue weighted by Crippen LogP contribution is -2.34. The van der Waals surface area contributed by atoms with Crippen LogP contribution in [0.3, 0.4) is 0 Å². The molecule has 5 nitrogen and oxygen atoms in total. The molecule has 2 heterocycles. The topological polar surface area (TPSA) is 52.7 Å². The summed E-state index contributed by atoms with van der Waals surface area (Å²) >= 11 is 0. The number of carbonyl (C=O) groups excluding carboxylic acids is 2. The van der Waals surface area contributed by atoms with E-state index in [1.165, 1.54) is 21.2 Å². The van der Waals surface area contributed by atoms with Crippen molar-refractivity contribution in [3.05, 3.63) is 48.0 Å². The van der Waals surface area contributed by atoms with Gasteiger partial charge in [0.1, 0.15) is 6.04 Å². The summed E-state index contributed by atoms with van der Waals surface area (Å²) in [6, 6.07) is 14.8. The number of benzene rings is 2. The van der Waals surface area contributed by atoms with Gasteiger partial charge in [0.25, 0.3) is 5.91 Å². The first-order valence-electron chi connectivity index (χ1n) is 10.0. The van der Waals surface area contributed by atoms with E-state index in [0.29, 0.717) is 6.54 Å². The average molecular weight is 402 g/mol. The smallest absolute Gasteiger partial charge is 0.316 e. The molecule has 4 rings (SSSR count). The van der Waals surface area contributed by atoms with Gasteiger partial charge in [0.15, 0.2) is 0 Å². The van der Waals surface area contributed by atoms with Crippen LogP contribution in [0.25, 0.3) is 10.8 Å². The van der Waals surface area contributed by atoms with E-state index >= 15 is 0 Å². The van der Waals surface area contributed by atoms with Gasteiger partial charge in [0, 0.05) is 13.1 Å². The van der Waals surface area contributed by atoms with Crippen LogP contribution in [0.1, 0.15) is 31.2 Å². The number of hydrogen-bond donors (Lipinski definition) is 1. The van der Waals surface area contributed by atoms with Gasteiger partial charge in [-0.05, 0) is 61.5 Å². The highest BCUT2D eigenvalue weighted by molar-refractivity contribution is 6.04. The molecular formula is C22H28ClN3O2. The molecule has 0 bridgehead atoms. The second kappa shape index (κ2) is 9.39. The third-order valence-electron chi connectivity index (χ3n) is 5.67. The Labute approximate surface area is 172 Å². The minimum absolute atomic E-state index is 0. The summed E-state index contributed by atoms with van der Waals surface area (Å²) in [5.41, 5.74) is 1.34. The molecule has 2 saturated heterocycles. The largest absolute Gasteiger partial charge is 0.327 e. The second-order valence-electron chi connectivity index (χ2n) is 7.51. The average Bonchev–Trinajstić information content (AvgIpc) is 3.26. The molecule has 0 aliphatic carbocycles. The molecule has 6 heteroatoms. The summed E-state index contributed by atoms with van der Waals surface area (Å²) in [7, 11) is 0. The first kappa shape index (κ1) is 20.6. The number of amides is 3. The number of carbonyl (C=O) groups is 2. The summed E-state index contributed by atoms with van der Waals surface area (Å²) in [5.74, 6) is 0.0155. The van der Waals surface area contributed by atoms with Crippen LogP contribution in [0.15, 0.2) is 42.5 Å². The van der Waals surface area contributed by atoms with Crippen molar-refractivity contribution in [1.82, 2.24) is 15.1 Å². The van der Waals surface area contributed by atoms with E-state index in [2.05, 4.69) is 47.8 Å². The molecule has 1 atom stereocenters. The number of rotatable bonds is 8. The highest BCUT2D eigenvalue weighted by Gasteiger charge is 2.46. The molecule has 0 aromatic heterocycles. The quantitative estimate of drug-likeness (QED) is 0.543. The van der Waals surface area contributed by atoms with Crippen LogP contribution in [-0.4, -0.2) is 54.0 Å². The Bertz CT molecular complexity index is 819. The zero-order valence-corrected chi connectivity index (χ0v) is 16.9. The molecule has 1 N–H and O–H groups in total. The van der Waals surface area contributed by atoms with E-state index in [1.807, 2.05) is 0 Å². The fourth-order valence-electron chi connectivity index (χ4n) is 4.16. The van der Waals surface area contributed by atoms with E-state index in [-0.39, 0.29) is 30.4 Å². The van der Waals surface area contributed by atoms with Crippen molar-refractivity contribution in [2.75, 3.05) is 26.2 Å². The van der Waals surface area contributed by atoms with Gasteiger partial charge in [-0.15, -0.1) is 12.4 Å². The molecule has 2 aliphatic heterocycles. The highest BCUT2D eigenvalue weighted by atomic mass is 35.5. The van der Waals surface area contributed by atoms with Gasteiger partial charge in [-0.25, -0.2) is 4.79 Å². The Balaban J connectivity index is 0.00000225. The van der Waals surface area contributed by atoms with Crippen LogP contribution in [-0.2, 0) is 11.2 Å². The lowest BCUT2D eigenvalue weighted by atomic mass is 10.1. The highest BCUT2D eigenvalue weighted by Crippen LogP contribution is 2.27. The molecule has 0 radical (unpaired) electrons. The maximum absolute atomic E-state index is 12.3. The normalized spacial score (nSPS) is 18.6. The molecule has 3 amide bonds. The van der Waals surface area contributed by atoms with Crippen molar-refractivity contribution >= 4 is 35.1 Å². The maximum Gasteiger partial charge on any atom is 0.327 e. The zero-order chi connectivity index (χ0) is 18.6. The van der Waals surface area contributed by atoms with Gasteiger partial charge in [0.2, 0.25) is 0 Å². The predicted octanol–water partition coefficient (Wildman–Crippen LogP) is 3.60. The SMILES string of the molecule is Cl.O=C1C2CCCN2C(=O)N1CCCCNCCc1ccc2ccccc2c1. The number of urea groups is 1. The van der Waals surface area contributed by atoms with Crippen molar-refractivity contribution in [1.29, 1.82) is 0 Å². The Morgan fingerprint density at radius 3 is 2.64 bits per heavy atom. The Morgan fingerprint density at radius 2 is 1.82 bits per heavy atom. The van der Waals surface area contributed by atoms with E-state index in [4.69, 9.17) is 0 Å². The van der Waals surface area contributed by atoms with Gasteiger partial charge in [-0.3, -0.25) is 9.69 Å². The standard InChI is InChI=1S/C22H27N3O2.ClH/c26-21-20-8-5-15-24(20)22(27)25(21)14-4-3-12-23-13-11-17-9-10-18-6-1-2-7-19(18)16-17;/h1-2,6-7,9-10,16,20,23H,3-5,8,11-15H2;1H. The minimum atomic E-state index is -0.169. The second-order valence-corrected chi connectivity index (χ2v) is 7.51. The number of unbranched alkanes of at least 4 members (excludes halogenated alkanes) is 1. The number of imide groups is 1. The van der Waals surface area contributed by atoms with Gasteiger partial charge in [-0.1, -0.05) is 42.5 Å². The van der Waals surface area contributed by atoms with Crippen molar-refractivity contribution in [3.63, 3.8) is 0 Å². The van der Waals surface area contributed by atoms with E-state index < -0.39 is 0 Å². The molecule has 2 aliphatic rings. The third kappa shape index (κ3) is 4.31. The van der Waals surface area contributed by atoms with Gasteiger partial charge in [-0.2, -0.15) is 0 Å². The number of nitrogens with one attached hydrogen (secondary N) is 1. The number of halogens is 1. The van der Waals surface area contributed by atoms with Crippen LogP contribution in [0, 0.1) is 0 Å². The number of hydrogen-bond acceptors (Lipinski definition) is 3. The summed E-state index contributed by atoms with van der Waals surface area (Å²) in [4.78, 5) is 27.7. The Kier molecular flexibility index (Phi) is 6.92. The first-order valence-corrected chi connectivity index (χ1v) is 10.0. The van der Waals surface area contributed by atoms with Crippen molar-refractivity contribution in [3.8, 4) is 0 Å². The number of nitrogens with zero attached hydrogens (tertiary/aromatic N) is 2. The van der Waals surface area contributed by atoms with Crippen molar-refractivity contribution in [2.24, 2.45) is 0 Å². The fourth-order valence-corrected chi connectivity index (χ4v) is 4.16. The van der Waals surface area contributed by atoms with Crippen LogP contribution >= 0.6 is 12.4 Å². The molecular weight excluding hydrogens is 374 g/mol. The molecule has 1 unspecified atom stereocenters. The van der Waals surface area contributed by atoms with Crippen LogP contribution in [0.2, 0.25) is 0 Å². The van der Waals surface area contributed by atoms with Crippen LogP contribution < -0.4 is 5.32 Å². The summed E-state index contributed by atoms with van der Waals surface area (Å²) in [5, 5.41) is 6.04. The first-order chi connectivity index (χ1) is 13.2. The molecule has 0 saturated carbocycles. The zero-order valence-electron chi connectivity index (χ0n) is 16.1. The molecule has 28 heavy (non-hydrogen) atoms. The number of fused-ring (bicyclic) bond motifs is 2. The maximum atomic E-state index is 12.3. The van der Waals surface area contributed by atoms with Crippen LogP contribution in [0.5, 0.6) is 0 Å². The molecule has 2 aromatic carbocycles. The lowest BCUT2D eigenvalue weighted by molar-refractivity contribution is -0.128.